The van der Waals surface area contributed by atoms with Crippen molar-refractivity contribution in [3.8, 4) is 11.5 Å². The van der Waals surface area contributed by atoms with Gasteiger partial charge in [0, 0.05) is 46.5 Å². The van der Waals surface area contributed by atoms with E-state index in [4.69, 9.17) is 26.1 Å². The Labute approximate surface area is 209 Å². The monoisotopic (exact) mass is 486 g/mol. The number of nitrogens with zero attached hydrogens (tertiary/aromatic N) is 2. The zero-order chi connectivity index (χ0) is 24.2. The molecule has 0 fully saturated rings. The molecule has 0 amide bonds. The van der Waals surface area contributed by atoms with Crippen LogP contribution in [0.1, 0.15) is 13.3 Å². The van der Waals surface area contributed by atoms with Crippen LogP contribution in [-0.4, -0.2) is 36.8 Å². The van der Waals surface area contributed by atoms with Crippen LogP contribution in [0.4, 0.5) is 11.4 Å². The van der Waals surface area contributed by atoms with Crippen LogP contribution in [0.5, 0.6) is 11.5 Å². The second kappa shape index (κ2) is 10.2. The third-order valence-corrected chi connectivity index (χ3v) is 6.14. The van der Waals surface area contributed by atoms with Crippen molar-refractivity contribution in [3.63, 3.8) is 0 Å². The lowest BCUT2D eigenvalue weighted by Gasteiger charge is -2.15. The largest absolute Gasteiger partial charge is 0.497 e. The minimum Gasteiger partial charge on any atom is -0.497 e. The quantitative estimate of drug-likeness (QED) is 0.174. The average Bonchev–Trinajstić information content (AvgIpc) is 2.87. The van der Waals surface area contributed by atoms with E-state index in [9.17, 15) is 0 Å². The number of pyridine rings is 2. The van der Waals surface area contributed by atoms with Gasteiger partial charge < -0.3 is 20.1 Å². The van der Waals surface area contributed by atoms with Crippen molar-refractivity contribution >= 4 is 55.7 Å². The molecule has 0 aliphatic rings. The maximum atomic E-state index is 6.24. The number of hydrogen-bond acceptors (Lipinski definition) is 6. The van der Waals surface area contributed by atoms with Crippen molar-refractivity contribution in [2.45, 2.75) is 13.3 Å². The fourth-order valence-corrected chi connectivity index (χ4v) is 4.45. The lowest BCUT2D eigenvalue weighted by Crippen LogP contribution is -2.10. The van der Waals surface area contributed by atoms with E-state index in [0.717, 1.165) is 75.1 Å². The van der Waals surface area contributed by atoms with Crippen molar-refractivity contribution in [1.29, 1.82) is 0 Å². The summed E-state index contributed by atoms with van der Waals surface area (Å²) in [6.07, 6.45) is 2.71. The molecule has 2 heterocycles. The summed E-state index contributed by atoms with van der Waals surface area (Å²) in [7, 11) is 1.67. The van der Waals surface area contributed by atoms with Gasteiger partial charge in [-0.3, -0.25) is 4.98 Å². The molecule has 0 atom stereocenters. The van der Waals surface area contributed by atoms with Crippen LogP contribution in [0.25, 0.3) is 32.7 Å². The zero-order valence-electron chi connectivity index (χ0n) is 19.8. The molecule has 0 spiro atoms. The molecule has 6 nitrogen and oxygen atoms in total. The minimum atomic E-state index is 0.624. The van der Waals surface area contributed by atoms with Gasteiger partial charge in [-0.1, -0.05) is 17.7 Å². The molecule has 0 aliphatic carbocycles. The highest BCUT2D eigenvalue weighted by molar-refractivity contribution is 6.31. The van der Waals surface area contributed by atoms with Gasteiger partial charge in [-0.15, -0.1) is 0 Å². The minimum absolute atomic E-state index is 0.624. The van der Waals surface area contributed by atoms with Crippen LogP contribution in [0, 0.1) is 0 Å². The van der Waals surface area contributed by atoms with Gasteiger partial charge in [-0.25, -0.2) is 4.98 Å². The Hall–Kier alpha value is -3.77. The smallest absolute Gasteiger partial charge is 0.122 e. The lowest BCUT2D eigenvalue weighted by molar-refractivity contribution is 0.341. The molecular formula is C28H27ClN4O2. The van der Waals surface area contributed by atoms with Crippen LogP contribution in [0.2, 0.25) is 5.02 Å². The molecule has 0 unspecified atom stereocenters. The maximum Gasteiger partial charge on any atom is 0.122 e. The van der Waals surface area contributed by atoms with E-state index in [1.54, 1.807) is 7.11 Å². The Morgan fingerprint density at radius 3 is 2.63 bits per heavy atom. The average molecular weight is 487 g/mol. The number of methoxy groups -OCH3 is 1. The van der Waals surface area contributed by atoms with Crippen molar-refractivity contribution in [1.82, 2.24) is 9.97 Å². The normalized spacial score (nSPS) is 11.2. The predicted octanol–water partition coefficient (Wildman–Crippen LogP) is 6.91. The van der Waals surface area contributed by atoms with Crippen molar-refractivity contribution in [3.05, 3.63) is 71.9 Å². The fourth-order valence-electron chi connectivity index (χ4n) is 4.29. The Morgan fingerprint density at radius 1 is 0.886 bits per heavy atom. The van der Waals surface area contributed by atoms with E-state index in [0.29, 0.717) is 11.6 Å². The highest BCUT2D eigenvalue weighted by atomic mass is 35.5. The van der Waals surface area contributed by atoms with Gasteiger partial charge in [-0.2, -0.15) is 0 Å². The van der Waals surface area contributed by atoms with Crippen LogP contribution < -0.4 is 20.1 Å². The van der Waals surface area contributed by atoms with E-state index in [2.05, 4.69) is 21.7 Å². The highest BCUT2D eigenvalue weighted by Crippen LogP contribution is 2.34. The van der Waals surface area contributed by atoms with Crippen LogP contribution in [0.15, 0.2) is 66.9 Å². The van der Waals surface area contributed by atoms with Crippen LogP contribution in [-0.2, 0) is 0 Å². The van der Waals surface area contributed by atoms with Gasteiger partial charge >= 0.3 is 0 Å². The SMILES string of the molecule is CCOc1cc(NCCCNc2c3ccc(Cl)cc3nc3ccc(OC)cc23)c2ncccc2c1. The van der Waals surface area contributed by atoms with E-state index in [1.165, 1.54) is 0 Å². The number of halogens is 1. The number of nitrogens with one attached hydrogen (secondary N) is 2. The molecule has 0 bridgehead atoms. The number of ether oxygens (including phenoxy) is 2. The third-order valence-electron chi connectivity index (χ3n) is 5.90. The molecule has 0 aliphatic heterocycles. The first-order chi connectivity index (χ1) is 17.2. The Balaban J connectivity index is 1.35. The predicted molar refractivity (Wildman–Crippen MR) is 145 cm³/mol. The summed E-state index contributed by atoms with van der Waals surface area (Å²) in [5, 5.41) is 11.0. The second-order valence-electron chi connectivity index (χ2n) is 8.22. The van der Waals surface area contributed by atoms with Crippen LogP contribution >= 0.6 is 11.6 Å². The van der Waals surface area contributed by atoms with Gasteiger partial charge in [0.1, 0.15) is 11.5 Å². The number of anilines is 2. The third kappa shape index (κ3) is 4.88. The number of hydrogen-bond donors (Lipinski definition) is 2. The van der Waals surface area contributed by atoms with Crippen molar-refractivity contribution in [2.75, 3.05) is 37.4 Å². The standard InChI is InChI=1S/C28H27ClN4O2/c1-3-35-21-14-18-6-4-11-31-27(18)26(17-21)30-12-5-13-32-28-22-9-7-19(29)15-25(22)33-24-10-8-20(34-2)16-23(24)28/h4,6-11,14-17,30H,3,5,12-13H2,1-2H3,(H,32,33). The number of rotatable bonds is 9. The summed E-state index contributed by atoms with van der Waals surface area (Å²) in [6, 6.07) is 19.8. The van der Waals surface area contributed by atoms with E-state index < -0.39 is 0 Å². The van der Waals surface area contributed by atoms with Crippen LogP contribution in [0.3, 0.4) is 0 Å². The summed E-state index contributed by atoms with van der Waals surface area (Å²) in [6.45, 7) is 4.17. The Kier molecular flexibility index (Phi) is 6.73. The topological polar surface area (TPSA) is 68.3 Å². The molecule has 2 N–H and O–H groups in total. The van der Waals surface area contributed by atoms with Gasteiger partial charge in [-0.05, 0) is 61.9 Å². The molecule has 178 valence electrons. The first-order valence-electron chi connectivity index (χ1n) is 11.7. The number of aromatic nitrogens is 2. The molecule has 5 rings (SSSR count). The number of fused-ring (bicyclic) bond motifs is 3. The van der Waals surface area contributed by atoms with E-state index >= 15 is 0 Å². The van der Waals surface area contributed by atoms with E-state index in [1.807, 2.05) is 67.7 Å². The molecule has 35 heavy (non-hydrogen) atoms. The van der Waals surface area contributed by atoms with E-state index in [-0.39, 0.29) is 0 Å². The van der Waals surface area contributed by atoms with Crippen molar-refractivity contribution in [2.24, 2.45) is 0 Å². The summed E-state index contributed by atoms with van der Waals surface area (Å²) in [5.41, 5.74) is 4.71. The molecule has 5 aromatic rings. The molecule has 2 aromatic heterocycles. The van der Waals surface area contributed by atoms with Gasteiger partial charge in [0.25, 0.3) is 0 Å². The Morgan fingerprint density at radius 2 is 1.77 bits per heavy atom. The summed E-state index contributed by atoms with van der Waals surface area (Å²) in [4.78, 5) is 9.36. The molecule has 3 aromatic carbocycles. The molecule has 0 radical (unpaired) electrons. The van der Waals surface area contributed by atoms with Gasteiger partial charge in [0.2, 0.25) is 0 Å². The second-order valence-corrected chi connectivity index (χ2v) is 8.65. The number of benzene rings is 3. The molecule has 7 heteroatoms. The highest BCUT2D eigenvalue weighted by Gasteiger charge is 2.11. The first kappa shape index (κ1) is 23.0. The molecule has 0 saturated carbocycles. The fraction of sp³-hybridized carbons (Fsp3) is 0.214. The van der Waals surface area contributed by atoms with Crippen molar-refractivity contribution < 1.29 is 9.47 Å². The summed E-state index contributed by atoms with van der Waals surface area (Å²) in [5.74, 6) is 1.64. The van der Waals surface area contributed by atoms with Gasteiger partial charge in [0.15, 0.2) is 0 Å². The maximum absolute atomic E-state index is 6.24. The first-order valence-corrected chi connectivity index (χ1v) is 12.1. The summed E-state index contributed by atoms with van der Waals surface area (Å²) >= 11 is 6.24. The zero-order valence-corrected chi connectivity index (χ0v) is 20.5. The lowest BCUT2D eigenvalue weighted by atomic mass is 10.1. The Bertz CT molecular complexity index is 1510. The molecule has 0 saturated heterocycles. The summed E-state index contributed by atoms with van der Waals surface area (Å²) < 4.78 is 11.2. The van der Waals surface area contributed by atoms with Gasteiger partial charge in [0.05, 0.1) is 41.6 Å². The molecular weight excluding hydrogens is 460 g/mol.